The van der Waals surface area contributed by atoms with Gasteiger partial charge in [-0.3, -0.25) is 0 Å². The lowest BCUT2D eigenvalue weighted by atomic mass is 10.0. The molecule has 3 aromatic rings. The van der Waals surface area contributed by atoms with Crippen molar-refractivity contribution in [1.82, 2.24) is 23.9 Å². The minimum Gasteiger partial charge on any atom is -0.428 e. The summed E-state index contributed by atoms with van der Waals surface area (Å²) in [7, 11) is -3.71. The molecule has 0 aliphatic carbocycles. The highest BCUT2D eigenvalue weighted by atomic mass is 35.5. The van der Waals surface area contributed by atoms with Crippen LogP contribution in [0.5, 0.6) is 0 Å². The number of hydrogen-bond donors (Lipinski definition) is 0. The van der Waals surface area contributed by atoms with Crippen LogP contribution in [0.1, 0.15) is 19.2 Å². The molecule has 8 nitrogen and oxygen atoms in total. The van der Waals surface area contributed by atoms with E-state index in [1.165, 1.54) is 15.0 Å². The maximum Gasteiger partial charge on any atom is 0.278 e. The Morgan fingerprint density at radius 3 is 2.92 bits per heavy atom. The van der Waals surface area contributed by atoms with E-state index in [0.29, 0.717) is 29.5 Å². The summed E-state index contributed by atoms with van der Waals surface area (Å²) >= 11 is 6.33. The van der Waals surface area contributed by atoms with E-state index in [-0.39, 0.29) is 17.9 Å². The Morgan fingerprint density at radius 2 is 2.24 bits per heavy atom. The second-order valence-corrected chi connectivity index (χ2v) is 7.87. The van der Waals surface area contributed by atoms with Crippen LogP contribution >= 0.6 is 11.6 Å². The molecule has 0 aromatic carbocycles. The molecule has 0 unspecified atom stereocenters. The number of pyridine rings is 1. The largest absolute Gasteiger partial charge is 0.428 e. The van der Waals surface area contributed by atoms with Crippen LogP contribution < -0.4 is 0 Å². The van der Waals surface area contributed by atoms with Gasteiger partial charge in [0.2, 0.25) is 0 Å². The molecule has 0 bridgehead atoms. The minimum atomic E-state index is -3.71. The zero-order chi connectivity index (χ0) is 18.5. The van der Waals surface area contributed by atoms with Crippen LogP contribution in [0.3, 0.4) is 0 Å². The summed E-state index contributed by atoms with van der Waals surface area (Å²) in [4.78, 5) is 7.80. The Morgan fingerprint density at radius 1 is 1.40 bits per heavy atom. The molecule has 0 saturated heterocycles. The summed E-state index contributed by atoms with van der Waals surface area (Å²) in [5, 5.41) is 4.30. The molecule has 0 N–H and O–H groups in total. The highest BCUT2D eigenvalue weighted by Gasteiger charge is 2.30. The normalized spacial score (nSPS) is 16.9. The molecule has 3 aromatic heterocycles. The topological polar surface area (TPSA) is 93.6 Å². The Hall–Kier alpha value is -2.23. The fraction of sp³-hybridized carbons (Fsp3) is 0.267. The SMILES string of the molecule is [2H]c1nc2cc(Cl)c(C3=CCN(S(=O)(=O)c4cnc(C)o4)CC3)cn2n1. The maximum atomic E-state index is 12.6. The third-order valence-electron chi connectivity index (χ3n) is 4.03. The lowest BCUT2D eigenvalue weighted by molar-refractivity contribution is 0.383. The van der Waals surface area contributed by atoms with E-state index in [2.05, 4.69) is 15.1 Å². The van der Waals surface area contributed by atoms with Gasteiger partial charge in [0.1, 0.15) is 7.67 Å². The standard InChI is InChI=1S/C15H14ClN5O3S/c1-10-17-7-15(24-10)25(22,23)20-4-2-11(3-5-20)12-8-21-14(6-13(12)16)18-9-19-21/h2,6-9H,3-5H2,1H3/i9D. The van der Waals surface area contributed by atoms with Gasteiger partial charge in [-0.15, -0.1) is 0 Å². The van der Waals surface area contributed by atoms with Crippen molar-refractivity contribution in [2.24, 2.45) is 0 Å². The zero-order valence-electron chi connectivity index (χ0n) is 14.2. The number of nitrogens with zero attached hydrogens (tertiary/aromatic N) is 5. The van der Waals surface area contributed by atoms with Crippen LogP contribution in [0, 0.1) is 6.92 Å². The number of oxazole rings is 1. The second-order valence-electron chi connectivity index (χ2n) is 5.59. The summed E-state index contributed by atoms with van der Waals surface area (Å²) in [6.07, 6.45) is 5.14. The van der Waals surface area contributed by atoms with Crippen LogP contribution in [0.15, 0.2) is 40.3 Å². The Bertz CT molecular complexity index is 1140. The van der Waals surface area contributed by atoms with Crippen molar-refractivity contribution in [3.8, 4) is 0 Å². The van der Waals surface area contributed by atoms with E-state index < -0.39 is 10.0 Å². The van der Waals surface area contributed by atoms with Gasteiger partial charge in [0, 0.05) is 37.8 Å². The van der Waals surface area contributed by atoms with Gasteiger partial charge in [-0.1, -0.05) is 17.7 Å². The number of fused-ring (bicyclic) bond motifs is 1. The molecule has 0 spiro atoms. The fourth-order valence-corrected chi connectivity index (χ4v) is 4.27. The average Bonchev–Trinajstić information content (AvgIpc) is 3.19. The molecular weight excluding hydrogens is 366 g/mol. The molecule has 130 valence electrons. The van der Waals surface area contributed by atoms with Crippen molar-refractivity contribution >= 4 is 32.8 Å². The molecule has 0 fully saturated rings. The third-order valence-corrected chi connectivity index (χ3v) is 6.05. The lowest BCUT2D eigenvalue weighted by Crippen LogP contribution is -2.34. The molecule has 4 heterocycles. The summed E-state index contributed by atoms with van der Waals surface area (Å²) in [6, 6.07) is 1.64. The van der Waals surface area contributed by atoms with Gasteiger partial charge in [-0.2, -0.15) is 9.40 Å². The summed E-state index contributed by atoms with van der Waals surface area (Å²) in [5.74, 6) is 0.304. The van der Waals surface area contributed by atoms with Gasteiger partial charge in [0.25, 0.3) is 15.1 Å². The average molecular weight is 381 g/mol. The van der Waals surface area contributed by atoms with E-state index in [4.69, 9.17) is 17.4 Å². The van der Waals surface area contributed by atoms with Crippen molar-refractivity contribution < 1.29 is 14.2 Å². The van der Waals surface area contributed by atoms with E-state index in [9.17, 15) is 8.42 Å². The van der Waals surface area contributed by atoms with Crippen molar-refractivity contribution in [2.75, 3.05) is 13.1 Å². The van der Waals surface area contributed by atoms with Crippen LogP contribution in [-0.4, -0.2) is 45.4 Å². The Kier molecular flexibility index (Phi) is 3.58. The molecule has 0 radical (unpaired) electrons. The monoisotopic (exact) mass is 380 g/mol. The molecule has 10 heteroatoms. The van der Waals surface area contributed by atoms with Crippen molar-refractivity contribution in [3.05, 3.63) is 47.3 Å². The van der Waals surface area contributed by atoms with Crippen LogP contribution in [0.2, 0.25) is 5.02 Å². The first-order chi connectivity index (χ1) is 12.3. The number of aromatic nitrogens is 4. The van der Waals surface area contributed by atoms with Gasteiger partial charge < -0.3 is 4.42 Å². The number of sulfonamides is 1. The van der Waals surface area contributed by atoms with Gasteiger partial charge in [-0.25, -0.2) is 22.9 Å². The molecule has 1 aliphatic rings. The van der Waals surface area contributed by atoms with Gasteiger partial charge in [0.15, 0.2) is 11.5 Å². The van der Waals surface area contributed by atoms with Crippen molar-refractivity contribution in [2.45, 2.75) is 18.4 Å². The highest BCUT2D eigenvalue weighted by molar-refractivity contribution is 7.89. The summed E-state index contributed by atoms with van der Waals surface area (Å²) < 4.78 is 40.7. The predicted molar refractivity (Wildman–Crippen MR) is 90.6 cm³/mol. The first-order valence-electron chi connectivity index (χ1n) is 7.99. The lowest BCUT2D eigenvalue weighted by Gasteiger charge is -2.25. The smallest absolute Gasteiger partial charge is 0.278 e. The van der Waals surface area contributed by atoms with Crippen LogP contribution in [0.4, 0.5) is 0 Å². The first-order valence-corrected chi connectivity index (χ1v) is 9.31. The minimum absolute atomic E-state index is 0.0875. The summed E-state index contributed by atoms with van der Waals surface area (Å²) in [5.41, 5.74) is 2.15. The third kappa shape index (κ3) is 2.84. The number of aryl methyl sites for hydroxylation is 1. The second kappa shape index (κ2) is 5.94. The molecule has 0 amide bonds. The van der Waals surface area contributed by atoms with Crippen LogP contribution in [0.25, 0.3) is 11.2 Å². The van der Waals surface area contributed by atoms with Crippen LogP contribution in [-0.2, 0) is 10.0 Å². The Labute approximate surface area is 150 Å². The van der Waals surface area contributed by atoms with Gasteiger partial charge in [-0.05, 0) is 12.0 Å². The highest BCUT2D eigenvalue weighted by Crippen LogP contribution is 2.30. The summed E-state index contributed by atoms with van der Waals surface area (Å²) in [6.45, 7) is 2.09. The van der Waals surface area contributed by atoms with Gasteiger partial charge in [0.05, 0.1) is 11.2 Å². The molecule has 4 rings (SSSR count). The fourth-order valence-electron chi connectivity index (χ4n) is 2.73. The quantitative estimate of drug-likeness (QED) is 0.691. The number of halogens is 1. The van der Waals surface area contributed by atoms with E-state index in [1.807, 2.05) is 6.08 Å². The van der Waals surface area contributed by atoms with Crippen molar-refractivity contribution in [1.29, 1.82) is 0 Å². The first kappa shape index (κ1) is 15.1. The molecule has 0 saturated carbocycles. The molecular formula is C15H14ClN5O3S. The van der Waals surface area contributed by atoms with E-state index in [0.717, 1.165) is 11.1 Å². The Balaban J connectivity index is 1.63. The number of hydrogen-bond acceptors (Lipinski definition) is 6. The van der Waals surface area contributed by atoms with Crippen molar-refractivity contribution in [3.63, 3.8) is 0 Å². The zero-order valence-corrected chi connectivity index (χ0v) is 14.8. The predicted octanol–water partition coefficient (Wildman–Crippen LogP) is 2.16. The van der Waals surface area contributed by atoms with E-state index in [1.54, 1.807) is 19.2 Å². The molecule has 25 heavy (non-hydrogen) atoms. The molecule has 0 atom stereocenters. The number of rotatable bonds is 3. The van der Waals surface area contributed by atoms with Gasteiger partial charge >= 0.3 is 0 Å². The molecule has 1 aliphatic heterocycles. The van der Waals surface area contributed by atoms with E-state index >= 15 is 0 Å². The maximum absolute atomic E-state index is 12.6.